The molecule has 0 aromatic carbocycles. The fourth-order valence-corrected chi connectivity index (χ4v) is 4.57. The monoisotopic (exact) mass is 412 g/mol. The molecule has 28 heavy (non-hydrogen) atoms. The topological polar surface area (TPSA) is 68.1 Å². The molecule has 0 unspecified atom stereocenters. The van der Waals surface area contributed by atoms with E-state index in [4.69, 9.17) is 14.7 Å². The van der Waals surface area contributed by atoms with Gasteiger partial charge in [-0.15, -0.1) is 11.3 Å². The molecule has 9 heteroatoms. The first-order valence-electron chi connectivity index (χ1n) is 9.24. The van der Waals surface area contributed by atoms with Crippen molar-refractivity contribution in [1.82, 2.24) is 24.4 Å². The third-order valence-electron chi connectivity index (χ3n) is 4.75. The molecular weight excluding hydrogens is 392 g/mol. The van der Waals surface area contributed by atoms with Gasteiger partial charge in [0.05, 0.1) is 23.8 Å². The van der Waals surface area contributed by atoms with Crippen LogP contribution >= 0.6 is 22.7 Å². The predicted octanol–water partition coefficient (Wildman–Crippen LogP) is 3.35. The number of nitrogens with one attached hydrogen (secondary N) is 1. The summed E-state index contributed by atoms with van der Waals surface area (Å²) in [4.78, 5) is 17.7. The number of anilines is 1. The molecule has 0 atom stereocenters. The highest BCUT2D eigenvalue weighted by Gasteiger charge is 2.16. The van der Waals surface area contributed by atoms with Crippen molar-refractivity contribution in [2.75, 3.05) is 44.7 Å². The molecule has 0 amide bonds. The van der Waals surface area contributed by atoms with Gasteiger partial charge in [-0.1, -0.05) is 6.07 Å². The van der Waals surface area contributed by atoms with E-state index in [1.165, 1.54) is 0 Å². The quantitative estimate of drug-likeness (QED) is 0.524. The maximum Gasteiger partial charge on any atom is 0.174 e. The number of rotatable bonds is 6. The molecule has 1 saturated heterocycles. The molecule has 0 spiro atoms. The second-order valence-electron chi connectivity index (χ2n) is 6.52. The zero-order valence-corrected chi connectivity index (χ0v) is 16.9. The van der Waals surface area contributed by atoms with E-state index < -0.39 is 0 Å². The average molecular weight is 413 g/mol. The van der Waals surface area contributed by atoms with Gasteiger partial charge in [0, 0.05) is 31.6 Å². The van der Waals surface area contributed by atoms with E-state index in [0.717, 1.165) is 72.8 Å². The Labute approximate surface area is 170 Å². The van der Waals surface area contributed by atoms with Crippen LogP contribution in [0, 0.1) is 0 Å². The van der Waals surface area contributed by atoms with E-state index in [1.54, 1.807) is 22.7 Å². The molecule has 4 aromatic heterocycles. The second kappa shape index (κ2) is 7.96. The number of hydrogen-bond donors (Lipinski definition) is 1. The highest BCUT2D eigenvalue weighted by atomic mass is 32.1. The smallest absolute Gasteiger partial charge is 0.174 e. The zero-order chi connectivity index (χ0) is 18.8. The molecule has 1 aliphatic rings. The van der Waals surface area contributed by atoms with Crippen LogP contribution in [0.4, 0.5) is 5.82 Å². The molecule has 144 valence electrons. The first-order valence-corrected chi connectivity index (χ1v) is 11.1. The van der Waals surface area contributed by atoms with Crippen LogP contribution in [0.25, 0.3) is 27.6 Å². The number of fused-ring (bicyclic) bond motifs is 1. The first-order chi connectivity index (χ1) is 13.9. The standard InChI is InChI=1S/C19H20N6OS2/c1-2-15(28-10-1)17-22-18(20-4-5-24-6-8-26-9-7-24)16-19(23-17)25(13-21-16)14-3-11-27-12-14/h1-3,10-13H,4-9H2,(H,20,22,23). The van der Waals surface area contributed by atoms with Gasteiger partial charge in [-0.25, -0.2) is 15.0 Å². The Morgan fingerprint density at radius 2 is 2.07 bits per heavy atom. The van der Waals surface area contributed by atoms with Crippen LogP contribution in [0.15, 0.2) is 40.7 Å². The van der Waals surface area contributed by atoms with Crippen LogP contribution in [0.3, 0.4) is 0 Å². The highest BCUT2D eigenvalue weighted by molar-refractivity contribution is 7.13. The fourth-order valence-electron chi connectivity index (χ4n) is 3.28. The Bertz CT molecular complexity index is 1040. The summed E-state index contributed by atoms with van der Waals surface area (Å²) in [7, 11) is 0. The summed E-state index contributed by atoms with van der Waals surface area (Å²) >= 11 is 3.30. The molecule has 4 aromatic rings. The number of ether oxygens (including phenoxy) is 1. The van der Waals surface area contributed by atoms with Crippen LogP contribution in [0.1, 0.15) is 0 Å². The second-order valence-corrected chi connectivity index (χ2v) is 8.25. The minimum absolute atomic E-state index is 0.730. The SMILES string of the molecule is c1csc(-c2nc(NCCN3CCOCC3)c3ncn(-c4ccsc4)c3n2)c1. The van der Waals surface area contributed by atoms with Crippen molar-refractivity contribution in [1.29, 1.82) is 0 Å². The van der Waals surface area contributed by atoms with Crippen molar-refractivity contribution in [2.45, 2.75) is 0 Å². The Morgan fingerprint density at radius 1 is 1.14 bits per heavy atom. The van der Waals surface area contributed by atoms with Gasteiger partial charge >= 0.3 is 0 Å². The van der Waals surface area contributed by atoms with Gasteiger partial charge in [-0.05, 0) is 22.9 Å². The molecule has 1 N–H and O–H groups in total. The predicted molar refractivity (Wildman–Crippen MR) is 114 cm³/mol. The molecule has 1 fully saturated rings. The summed E-state index contributed by atoms with van der Waals surface area (Å²) in [6.07, 6.45) is 1.83. The Balaban J connectivity index is 1.48. The van der Waals surface area contributed by atoms with Crippen LogP contribution in [-0.2, 0) is 4.74 Å². The van der Waals surface area contributed by atoms with Crippen LogP contribution in [0.5, 0.6) is 0 Å². The fraction of sp³-hybridized carbons (Fsp3) is 0.316. The summed E-state index contributed by atoms with van der Waals surface area (Å²) < 4.78 is 7.45. The molecule has 7 nitrogen and oxygen atoms in total. The van der Waals surface area contributed by atoms with Crippen molar-refractivity contribution in [3.8, 4) is 16.4 Å². The van der Waals surface area contributed by atoms with Crippen molar-refractivity contribution in [3.05, 3.63) is 40.7 Å². The minimum Gasteiger partial charge on any atom is -0.379 e. The number of nitrogens with zero attached hydrogens (tertiary/aromatic N) is 5. The summed E-state index contributed by atoms with van der Waals surface area (Å²) in [5, 5.41) is 9.70. The lowest BCUT2D eigenvalue weighted by Gasteiger charge is -2.26. The van der Waals surface area contributed by atoms with Gasteiger partial charge in [0.25, 0.3) is 0 Å². The van der Waals surface area contributed by atoms with E-state index in [9.17, 15) is 0 Å². The number of hydrogen-bond acceptors (Lipinski definition) is 8. The number of aromatic nitrogens is 4. The van der Waals surface area contributed by atoms with Gasteiger partial charge in [0.2, 0.25) is 0 Å². The van der Waals surface area contributed by atoms with E-state index >= 15 is 0 Å². The highest BCUT2D eigenvalue weighted by Crippen LogP contribution is 2.28. The third-order valence-corrected chi connectivity index (χ3v) is 6.28. The van der Waals surface area contributed by atoms with Crippen molar-refractivity contribution in [2.24, 2.45) is 0 Å². The van der Waals surface area contributed by atoms with E-state index in [2.05, 4.69) is 38.1 Å². The Kier molecular flexibility index (Phi) is 5.05. The summed E-state index contributed by atoms with van der Waals surface area (Å²) in [6, 6.07) is 6.15. The summed E-state index contributed by atoms with van der Waals surface area (Å²) in [5.74, 6) is 1.52. The Hall–Kier alpha value is -2.33. The normalized spacial score (nSPS) is 15.3. The molecule has 5 heterocycles. The van der Waals surface area contributed by atoms with E-state index in [1.807, 2.05) is 22.3 Å². The molecule has 0 saturated carbocycles. The lowest BCUT2D eigenvalue weighted by Crippen LogP contribution is -2.39. The minimum atomic E-state index is 0.730. The van der Waals surface area contributed by atoms with Crippen LogP contribution < -0.4 is 5.32 Å². The summed E-state index contributed by atoms with van der Waals surface area (Å²) in [6.45, 7) is 5.34. The number of thiophene rings is 2. The largest absolute Gasteiger partial charge is 0.379 e. The number of morpholine rings is 1. The lowest BCUT2D eigenvalue weighted by atomic mass is 10.3. The number of imidazole rings is 1. The van der Waals surface area contributed by atoms with Crippen molar-refractivity contribution < 1.29 is 4.74 Å². The first kappa shape index (κ1) is 17.7. The molecule has 0 aliphatic carbocycles. The van der Waals surface area contributed by atoms with Gasteiger partial charge in [-0.3, -0.25) is 9.47 Å². The maximum atomic E-state index is 5.42. The Morgan fingerprint density at radius 3 is 2.86 bits per heavy atom. The van der Waals surface area contributed by atoms with Gasteiger partial charge < -0.3 is 10.1 Å². The average Bonchev–Trinajstić information content (AvgIpc) is 3.48. The zero-order valence-electron chi connectivity index (χ0n) is 15.2. The van der Waals surface area contributed by atoms with Crippen LogP contribution in [-0.4, -0.2) is 63.8 Å². The van der Waals surface area contributed by atoms with Gasteiger partial charge in [-0.2, -0.15) is 11.3 Å². The van der Waals surface area contributed by atoms with E-state index in [-0.39, 0.29) is 0 Å². The van der Waals surface area contributed by atoms with Crippen LogP contribution in [0.2, 0.25) is 0 Å². The van der Waals surface area contributed by atoms with Gasteiger partial charge in [0.15, 0.2) is 22.8 Å². The molecule has 5 rings (SSSR count). The molecule has 0 radical (unpaired) electrons. The maximum absolute atomic E-state index is 5.42. The van der Waals surface area contributed by atoms with Crippen molar-refractivity contribution >= 4 is 39.7 Å². The molecule has 0 bridgehead atoms. The molecular formula is C19H20N6OS2. The van der Waals surface area contributed by atoms with Gasteiger partial charge in [0.1, 0.15) is 6.33 Å². The van der Waals surface area contributed by atoms with Crippen molar-refractivity contribution in [3.63, 3.8) is 0 Å². The summed E-state index contributed by atoms with van der Waals surface area (Å²) in [5.41, 5.74) is 2.70. The third kappa shape index (κ3) is 3.53. The van der Waals surface area contributed by atoms with E-state index in [0.29, 0.717) is 0 Å². The molecule has 1 aliphatic heterocycles. The lowest BCUT2D eigenvalue weighted by molar-refractivity contribution is 0.0398.